The van der Waals surface area contributed by atoms with Gasteiger partial charge in [-0.15, -0.1) is 0 Å². The molecular formula is C15H28N2O3. The molecule has 0 aromatic rings. The van der Waals surface area contributed by atoms with Crippen molar-refractivity contribution in [1.29, 1.82) is 0 Å². The van der Waals surface area contributed by atoms with Gasteiger partial charge >= 0.3 is 12.0 Å². The molecule has 116 valence electrons. The molecule has 5 nitrogen and oxygen atoms in total. The van der Waals surface area contributed by atoms with Crippen LogP contribution in [0.2, 0.25) is 0 Å². The zero-order valence-corrected chi connectivity index (χ0v) is 12.7. The van der Waals surface area contributed by atoms with E-state index in [1.807, 2.05) is 0 Å². The van der Waals surface area contributed by atoms with Crippen LogP contribution in [0.25, 0.3) is 0 Å². The van der Waals surface area contributed by atoms with Crippen molar-refractivity contribution in [2.24, 2.45) is 17.8 Å². The van der Waals surface area contributed by atoms with Crippen molar-refractivity contribution in [3.05, 3.63) is 0 Å². The van der Waals surface area contributed by atoms with Gasteiger partial charge in [-0.05, 0) is 37.5 Å². The van der Waals surface area contributed by atoms with Gasteiger partial charge in [0, 0.05) is 13.1 Å². The largest absolute Gasteiger partial charge is 0.481 e. The molecule has 0 saturated heterocycles. The summed E-state index contributed by atoms with van der Waals surface area (Å²) in [6.07, 6.45) is 6.28. The Morgan fingerprint density at radius 1 is 1.30 bits per heavy atom. The highest BCUT2D eigenvalue weighted by Gasteiger charge is 2.19. The summed E-state index contributed by atoms with van der Waals surface area (Å²) in [6.45, 7) is 5.24. The van der Waals surface area contributed by atoms with Crippen LogP contribution in [0.15, 0.2) is 0 Å². The van der Waals surface area contributed by atoms with Crippen LogP contribution in [-0.2, 0) is 4.79 Å². The second kappa shape index (κ2) is 8.82. The fourth-order valence-electron chi connectivity index (χ4n) is 2.78. The van der Waals surface area contributed by atoms with Gasteiger partial charge in [0.2, 0.25) is 0 Å². The summed E-state index contributed by atoms with van der Waals surface area (Å²) in [7, 11) is 0. The van der Waals surface area contributed by atoms with Crippen molar-refractivity contribution in [2.45, 2.75) is 52.4 Å². The molecule has 0 spiro atoms. The van der Waals surface area contributed by atoms with E-state index in [0.29, 0.717) is 25.3 Å². The molecule has 3 atom stereocenters. The first kappa shape index (κ1) is 16.8. The van der Waals surface area contributed by atoms with Crippen LogP contribution in [-0.4, -0.2) is 30.2 Å². The number of hydrogen-bond acceptors (Lipinski definition) is 2. The first-order chi connectivity index (χ1) is 9.49. The van der Waals surface area contributed by atoms with Crippen molar-refractivity contribution >= 4 is 12.0 Å². The van der Waals surface area contributed by atoms with Crippen LogP contribution in [0, 0.1) is 17.8 Å². The summed E-state index contributed by atoms with van der Waals surface area (Å²) in [5.41, 5.74) is 0. The van der Waals surface area contributed by atoms with E-state index in [4.69, 9.17) is 5.11 Å². The fourth-order valence-corrected chi connectivity index (χ4v) is 2.78. The molecule has 1 aliphatic rings. The molecule has 2 amide bonds. The number of rotatable bonds is 7. The third-order valence-corrected chi connectivity index (χ3v) is 4.12. The van der Waals surface area contributed by atoms with Crippen molar-refractivity contribution in [3.63, 3.8) is 0 Å². The van der Waals surface area contributed by atoms with Gasteiger partial charge in [-0.1, -0.05) is 26.7 Å². The number of nitrogens with one attached hydrogen (secondary N) is 2. The van der Waals surface area contributed by atoms with Crippen LogP contribution < -0.4 is 10.6 Å². The van der Waals surface area contributed by atoms with E-state index >= 15 is 0 Å². The molecule has 0 aliphatic heterocycles. The zero-order chi connectivity index (χ0) is 15.0. The van der Waals surface area contributed by atoms with Gasteiger partial charge in [0.15, 0.2) is 0 Å². The van der Waals surface area contributed by atoms with Gasteiger partial charge < -0.3 is 15.7 Å². The minimum absolute atomic E-state index is 0.133. The number of carboxylic acids is 1. The molecule has 1 aliphatic carbocycles. The van der Waals surface area contributed by atoms with Crippen molar-refractivity contribution in [1.82, 2.24) is 10.6 Å². The Hall–Kier alpha value is -1.26. The summed E-state index contributed by atoms with van der Waals surface area (Å²) < 4.78 is 0. The van der Waals surface area contributed by atoms with Crippen molar-refractivity contribution in [2.75, 3.05) is 13.1 Å². The molecule has 0 bridgehead atoms. The number of carbonyl (C=O) groups is 2. The van der Waals surface area contributed by atoms with Gasteiger partial charge in [-0.2, -0.15) is 0 Å². The normalized spacial score (nSPS) is 23.9. The van der Waals surface area contributed by atoms with Crippen LogP contribution in [0.1, 0.15) is 52.4 Å². The number of urea groups is 1. The number of hydrogen-bond donors (Lipinski definition) is 3. The molecule has 0 aromatic carbocycles. The summed E-state index contributed by atoms with van der Waals surface area (Å²) in [4.78, 5) is 22.2. The van der Waals surface area contributed by atoms with E-state index < -0.39 is 5.97 Å². The Morgan fingerprint density at radius 3 is 2.70 bits per heavy atom. The van der Waals surface area contributed by atoms with E-state index in [2.05, 4.69) is 17.6 Å². The molecule has 1 fully saturated rings. The molecule has 1 rings (SSSR count). The number of amides is 2. The monoisotopic (exact) mass is 284 g/mol. The topological polar surface area (TPSA) is 78.4 Å². The maximum Gasteiger partial charge on any atom is 0.314 e. The fraction of sp³-hybridized carbons (Fsp3) is 0.867. The molecule has 0 heterocycles. The third kappa shape index (κ3) is 6.78. The first-order valence-corrected chi connectivity index (χ1v) is 7.73. The smallest absolute Gasteiger partial charge is 0.314 e. The second-order valence-corrected chi connectivity index (χ2v) is 6.16. The maximum absolute atomic E-state index is 11.6. The summed E-state index contributed by atoms with van der Waals surface area (Å²) in [6, 6.07) is -0.133. The quantitative estimate of drug-likeness (QED) is 0.629. The lowest BCUT2D eigenvalue weighted by Crippen LogP contribution is -2.39. The predicted octanol–water partition coefficient (Wildman–Crippen LogP) is 2.61. The number of aliphatic carboxylic acids is 1. The Balaban J connectivity index is 2.04. The van der Waals surface area contributed by atoms with Crippen LogP contribution in [0.4, 0.5) is 4.79 Å². The van der Waals surface area contributed by atoms with Crippen molar-refractivity contribution in [3.8, 4) is 0 Å². The minimum atomic E-state index is -0.777. The van der Waals surface area contributed by atoms with Gasteiger partial charge in [0.25, 0.3) is 0 Å². The summed E-state index contributed by atoms with van der Waals surface area (Å²) >= 11 is 0. The maximum atomic E-state index is 11.6. The van der Waals surface area contributed by atoms with Crippen LogP contribution in [0.5, 0.6) is 0 Å². The average molecular weight is 284 g/mol. The average Bonchev–Trinajstić information content (AvgIpc) is 2.41. The van der Waals surface area contributed by atoms with Gasteiger partial charge in [-0.3, -0.25) is 4.79 Å². The molecular weight excluding hydrogens is 256 g/mol. The molecule has 3 unspecified atom stereocenters. The lowest BCUT2D eigenvalue weighted by Gasteiger charge is -2.26. The van der Waals surface area contributed by atoms with Gasteiger partial charge in [-0.25, -0.2) is 4.79 Å². The van der Waals surface area contributed by atoms with Gasteiger partial charge in [0.1, 0.15) is 0 Å². The molecule has 0 radical (unpaired) electrons. The lowest BCUT2D eigenvalue weighted by molar-refractivity contribution is -0.141. The Bertz CT molecular complexity index is 320. The predicted molar refractivity (Wildman–Crippen MR) is 78.6 cm³/mol. The highest BCUT2D eigenvalue weighted by Crippen LogP contribution is 2.27. The molecule has 3 N–H and O–H groups in total. The Kier molecular flexibility index (Phi) is 7.41. The summed E-state index contributed by atoms with van der Waals surface area (Å²) in [5.74, 6) is 0.261. The van der Waals surface area contributed by atoms with E-state index in [-0.39, 0.29) is 11.9 Å². The molecule has 5 heteroatoms. The minimum Gasteiger partial charge on any atom is -0.481 e. The molecule has 1 saturated carbocycles. The standard InChI is InChI=1S/C15H28N2O3/c1-11-5-3-7-13(9-11)10-17-15(20)16-8-4-6-12(2)14(18)19/h11-13H,3-10H2,1-2H3,(H,18,19)(H2,16,17,20). The highest BCUT2D eigenvalue weighted by molar-refractivity contribution is 5.73. The van der Waals surface area contributed by atoms with E-state index in [1.54, 1.807) is 6.92 Å². The third-order valence-electron chi connectivity index (χ3n) is 4.12. The first-order valence-electron chi connectivity index (χ1n) is 7.73. The molecule has 0 aromatic heterocycles. The van der Waals surface area contributed by atoms with Crippen LogP contribution >= 0.6 is 0 Å². The number of carbonyl (C=O) groups excluding carboxylic acids is 1. The zero-order valence-electron chi connectivity index (χ0n) is 12.7. The van der Waals surface area contributed by atoms with E-state index in [0.717, 1.165) is 12.5 Å². The van der Waals surface area contributed by atoms with E-state index in [9.17, 15) is 9.59 Å². The van der Waals surface area contributed by atoms with Crippen LogP contribution in [0.3, 0.4) is 0 Å². The number of carboxylic acid groups (broad SMARTS) is 1. The highest BCUT2D eigenvalue weighted by atomic mass is 16.4. The Labute approximate surface area is 121 Å². The van der Waals surface area contributed by atoms with Gasteiger partial charge in [0.05, 0.1) is 5.92 Å². The summed E-state index contributed by atoms with van der Waals surface area (Å²) in [5, 5.41) is 14.4. The second-order valence-electron chi connectivity index (χ2n) is 6.16. The van der Waals surface area contributed by atoms with Crippen molar-refractivity contribution < 1.29 is 14.7 Å². The van der Waals surface area contributed by atoms with E-state index in [1.165, 1.54) is 25.7 Å². The Morgan fingerprint density at radius 2 is 2.05 bits per heavy atom. The lowest BCUT2D eigenvalue weighted by atomic mass is 9.82. The molecule has 20 heavy (non-hydrogen) atoms. The SMILES string of the molecule is CC1CCCC(CNC(=O)NCCCC(C)C(=O)O)C1.